The normalized spacial score (nSPS) is 11.5. The number of amides is 1. The smallest absolute Gasteiger partial charge is 0.407 e. The van der Waals surface area contributed by atoms with Crippen LogP contribution in [0.15, 0.2) is 24.3 Å². The maximum Gasteiger partial charge on any atom is 0.407 e. The number of ether oxygens (including phenoxy) is 2. The fraction of sp³-hybridized carbons (Fsp3) is 0.529. The molecule has 0 radical (unpaired) electrons. The van der Waals surface area contributed by atoms with Crippen molar-refractivity contribution in [1.82, 2.24) is 5.32 Å². The molecule has 0 aliphatic heterocycles. The summed E-state index contributed by atoms with van der Waals surface area (Å²) < 4.78 is 9.81. The van der Waals surface area contributed by atoms with Gasteiger partial charge in [-0.15, -0.1) is 0 Å². The van der Waals surface area contributed by atoms with Crippen LogP contribution in [0.25, 0.3) is 0 Å². The van der Waals surface area contributed by atoms with E-state index in [0.717, 1.165) is 24.1 Å². The number of nitrogens with zero attached hydrogens (tertiary/aromatic N) is 1. The van der Waals surface area contributed by atoms with Crippen molar-refractivity contribution in [3.05, 3.63) is 29.8 Å². The van der Waals surface area contributed by atoms with E-state index in [1.165, 1.54) is 7.11 Å². The molecule has 6 nitrogen and oxygen atoms in total. The zero-order chi connectivity index (χ0) is 17.2. The van der Waals surface area contributed by atoms with Crippen molar-refractivity contribution >= 4 is 17.7 Å². The van der Waals surface area contributed by atoms with E-state index in [0.29, 0.717) is 6.61 Å². The van der Waals surface area contributed by atoms with E-state index in [4.69, 9.17) is 9.47 Å². The molecule has 0 aliphatic rings. The van der Waals surface area contributed by atoms with Gasteiger partial charge < -0.3 is 19.7 Å². The highest BCUT2D eigenvalue weighted by Gasteiger charge is 2.19. The molecular weight excluding hydrogens is 296 g/mol. The molecule has 0 aliphatic carbocycles. The van der Waals surface area contributed by atoms with Gasteiger partial charge in [0.1, 0.15) is 0 Å². The number of carbonyl (C=O) groups is 2. The van der Waals surface area contributed by atoms with E-state index in [-0.39, 0.29) is 12.4 Å². The van der Waals surface area contributed by atoms with Crippen molar-refractivity contribution in [3.8, 4) is 0 Å². The van der Waals surface area contributed by atoms with Crippen LogP contribution < -0.4 is 10.2 Å². The summed E-state index contributed by atoms with van der Waals surface area (Å²) in [6, 6.07) is 7.16. The number of unbranched alkanes of at least 4 members (excludes halogenated alkanes) is 1. The van der Waals surface area contributed by atoms with Crippen LogP contribution in [0.2, 0.25) is 0 Å². The third kappa shape index (κ3) is 6.59. The quantitative estimate of drug-likeness (QED) is 0.589. The summed E-state index contributed by atoms with van der Waals surface area (Å²) >= 11 is 0. The summed E-state index contributed by atoms with van der Waals surface area (Å²) in [4.78, 5) is 25.4. The van der Waals surface area contributed by atoms with E-state index < -0.39 is 12.1 Å². The number of benzene rings is 1. The Morgan fingerprint density at radius 2 is 1.87 bits per heavy atom. The molecule has 0 spiro atoms. The standard InChI is InChI=1S/C17H26N2O4/c1-5-6-11-23-17(21)18-15(12-16(20)22-4)13-7-9-14(10-8-13)19(2)3/h7-10,15H,5-6,11-12H2,1-4H3,(H,18,21)/t15-/m0/s1. The van der Waals surface area contributed by atoms with Gasteiger partial charge in [0.2, 0.25) is 0 Å². The molecule has 1 rings (SSSR count). The molecule has 0 saturated heterocycles. The molecule has 0 unspecified atom stereocenters. The zero-order valence-electron chi connectivity index (χ0n) is 14.3. The lowest BCUT2D eigenvalue weighted by Gasteiger charge is -2.19. The number of nitrogens with one attached hydrogen (secondary N) is 1. The zero-order valence-corrected chi connectivity index (χ0v) is 14.3. The Balaban J connectivity index is 2.78. The van der Waals surface area contributed by atoms with Crippen LogP contribution in [-0.4, -0.2) is 39.9 Å². The van der Waals surface area contributed by atoms with Gasteiger partial charge in [-0.2, -0.15) is 0 Å². The Bertz CT molecular complexity index is 500. The number of alkyl carbamates (subject to hydrolysis) is 1. The third-order valence-electron chi connectivity index (χ3n) is 3.43. The maximum absolute atomic E-state index is 11.9. The topological polar surface area (TPSA) is 67.9 Å². The van der Waals surface area contributed by atoms with Crippen molar-refractivity contribution < 1.29 is 19.1 Å². The molecule has 0 aromatic heterocycles. The minimum absolute atomic E-state index is 0.0562. The summed E-state index contributed by atoms with van der Waals surface area (Å²) in [6.45, 7) is 2.39. The molecule has 1 aromatic carbocycles. The van der Waals surface area contributed by atoms with Crippen LogP contribution in [0, 0.1) is 0 Å². The van der Waals surface area contributed by atoms with Crippen molar-refractivity contribution in [2.45, 2.75) is 32.2 Å². The number of rotatable bonds is 8. The molecule has 1 atom stereocenters. The van der Waals surface area contributed by atoms with E-state index in [2.05, 4.69) is 5.32 Å². The van der Waals surface area contributed by atoms with Gasteiger partial charge in [-0.25, -0.2) is 4.79 Å². The SMILES string of the molecule is CCCCOC(=O)N[C@@H](CC(=O)OC)c1ccc(N(C)C)cc1. The van der Waals surface area contributed by atoms with Crippen LogP contribution in [-0.2, 0) is 14.3 Å². The first-order valence-electron chi connectivity index (χ1n) is 7.75. The van der Waals surface area contributed by atoms with Crippen LogP contribution in [0.3, 0.4) is 0 Å². The largest absolute Gasteiger partial charge is 0.469 e. The Labute approximate surface area is 137 Å². The van der Waals surface area contributed by atoms with E-state index in [1.807, 2.05) is 50.2 Å². The lowest BCUT2D eigenvalue weighted by atomic mass is 10.0. The fourth-order valence-corrected chi connectivity index (χ4v) is 2.00. The predicted molar refractivity (Wildman–Crippen MR) is 89.5 cm³/mol. The molecule has 0 fully saturated rings. The first-order valence-corrected chi connectivity index (χ1v) is 7.75. The number of methoxy groups -OCH3 is 1. The first-order chi connectivity index (χ1) is 11.0. The second kappa shape index (κ2) is 9.71. The molecule has 0 bridgehead atoms. The van der Waals surface area contributed by atoms with Crippen molar-refractivity contribution in [2.24, 2.45) is 0 Å². The number of esters is 1. The van der Waals surface area contributed by atoms with Gasteiger partial charge in [-0.3, -0.25) is 4.79 Å². The Hall–Kier alpha value is -2.24. The molecule has 6 heteroatoms. The van der Waals surface area contributed by atoms with Crippen LogP contribution in [0.1, 0.15) is 37.8 Å². The van der Waals surface area contributed by atoms with Crippen LogP contribution in [0.5, 0.6) is 0 Å². The van der Waals surface area contributed by atoms with Gasteiger partial charge in [0.25, 0.3) is 0 Å². The molecule has 1 aromatic rings. The summed E-state index contributed by atoms with van der Waals surface area (Å²) in [6.07, 6.45) is 1.29. The number of hydrogen-bond acceptors (Lipinski definition) is 5. The minimum atomic E-state index is -0.524. The van der Waals surface area contributed by atoms with Gasteiger partial charge in [0, 0.05) is 19.8 Å². The molecule has 128 valence electrons. The van der Waals surface area contributed by atoms with E-state index in [1.54, 1.807) is 0 Å². The Morgan fingerprint density at radius 3 is 2.39 bits per heavy atom. The highest BCUT2D eigenvalue weighted by molar-refractivity contribution is 5.73. The van der Waals surface area contributed by atoms with E-state index in [9.17, 15) is 9.59 Å². The fourth-order valence-electron chi connectivity index (χ4n) is 2.00. The summed E-state index contributed by atoms with van der Waals surface area (Å²) in [5.74, 6) is -0.388. The Morgan fingerprint density at radius 1 is 1.22 bits per heavy atom. The van der Waals surface area contributed by atoms with Gasteiger partial charge in [-0.1, -0.05) is 25.5 Å². The summed E-state index contributed by atoms with van der Waals surface area (Å²) in [5, 5.41) is 2.73. The monoisotopic (exact) mass is 322 g/mol. The number of hydrogen-bond donors (Lipinski definition) is 1. The van der Waals surface area contributed by atoms with Crippen molar-refractivity contribution in [1.29, 1.82) is 0 Å². The van der Waals surface area contributed by atoms with Gasteiger partial charge in [0.15, 0.2) is 0 Å². The molecule has 0 saturated carbocycles. The average molecular weight is 322 g/mol. The maximum atomic E-state index is 11.9. The van der Waals surface area contributed by atoms with Gasteiger partial charge >= 0.3 is 12.1 Å². The van der Waals surface area contributed by atoms with Crippen molar-refractivity contribution in [2.75, 3.05) is 32.7 Å². The molecular formula is C17H26N2O4. The van der Waals surface area contributed by atoms with Crippen molar-refractivity contribution in [3.63, 3.8) is 0 Å². The predicted octanol–water partition coefficient (Wildman–Crippen LogP) is 2.88. The van der Waals surface area contributed by atoms with Gasteiger partial charge in [0.05, 0.1) is 26.2 Å². The van der Waals surface area contributed by atoms with Crippen LogP contribution >= 0.6 is 0 Å². The second-order valence-electron chi connectivity index (χ2n) is 5.45. The number of carbonyl (C=O) groups excluding carboxylic acids is 2. The van der Waals surface area contributed by atoms with E-state index >= 15 is 0 Å². The minimum Gasteiger partial charge on any atom is -0.469 e. The molecule has 23 heavy (non-hydrogen) atoms. The second-order valence-corrected chi connectivity index (χ2v) is 5.45. The molecule has 1 N–H and O–H groups in total. The summed E-state index contributed by atoms with van der Waals surface area (Å²) in [7, 11) is 5.22. The lowest BCUT2D eigenvalue weighted by Crippen LogP contribution is -2.31. The first kappa shape index (κ1) is 18.8. The number of anilines is 1. The average Bonchev–Trinajstić information content (AvgIpc) is 2.54. The molecule has 0 heterocycles. The molecule has 1 amide bonds. The summed E-state index contributed by atoms with van der Waals surface area (Å²) in [5.41, 5.74) is 1.87. The van der Waals surface area contributed by atoms with Gasteiger partial charge in [-0.05, 0) is 24.1 Å². The Kier molecular flexibility index (Phi) is 7.94. The highest BCUT2D eigenvalue weighted by Crippen LogP contribution is 2.21. The third-order valence-corrected chi connectivity index (χ3v) is 3.43. The lowest BCUT2D eigenvalue weighted by molar-refractivity contribution is -0.141. The van der Waals surface area contributed by atoms with Crippen LogP contribution in [0.4, 0.5) is 10.5 Å². The highest BCUT2D eigenvalue weighted by atomic mass is 16.5.